The highest BCUT2D eigenvalue weighted by Crippen LogP contribution is 2.43. The standard InChI is InChI=1S/C21H22N2O2S/c22-21(25)19-18-15(13-23-11-5-2-6-12-23)16(24)9-10-17(18)26-20(19)14-7-3-1-4-8-14/h1,3-4,7-10,13,20,24H,2,5-6,11-12H2,(H2,22,25). The van der Waals surface area contributed by atoms with E-state index in [0.717, 1.165) is 41.6 Å². The van der Waals surface area contributed by atoms with E-state index in [-0.39, 0.29) is 11.0 Å². The quantitative estimate of drug-likeness (QED) is 0.873. The number of benzene rings is 2. The van der Waals surface area contributed by atoms with E-state index in [9.17, 15) is 9.90 Å². The molecular weight excluding hydrogens is 344 g/mol. The van der Waals surface area contributed by atoms with Gasteiger partial charge in [0.05, 0.1) is 5.25 Å². The van der Waals surface area contributed by atoms with Gasteiger partial charge in [-0.05, 0) is 37.0 Å². The topological polar surface area (TPSA) is 66.6 Å². The molecule has 0 radical (unpaired) electrons. The van der Waals surface area contributed by atoms with Crippen LogP contribution >= 0.6 is 11.8 Å². The van der Waals surface area contributed by atoms with Crippen LogP contribution in [0.3, 0.4) is 0 Å². The number of likely N-dealkylation sites (tertiary alicyclic amines) is 1. The minimum Gasteiger partial charge on any atom is -0.507 e. The summed E-state index contributed by atoms with van der Waals surface area (Å²) in [5, 5.41) is 11.9. The first-order valence-electron chi connectivity index (χ1n) is 8.98. The van der Waals surface area contributed by atoms with Crippen molar-refractivity contribution in [3.05, 3.63) is 58.5 Å². The minimum atomic E-state index is -0.427. The van der Waals surface area contributed by atoms with Crippen molar-refractivity contribution < 1.29 is 9.90 Å². The van der Waals surface area contributed by atoms with E-state index in [2.05, 4.69) is 4.90 Å². The van der Waals surface area contributed by atoms with Gasteiger partial charge >= 0.3 is 0 Å². The summed E-state index contributed by atoms with van der Waals surface area (Å²) in [6.45, 7) is 1.95. The highest BCUT2D eigenvalue weighted by Gasteiger charge is 2.30. The average molecular weight is 366 g/mol. The maximum Gasteiger partial charge on any atom is 0.246 e. The second-order valence-corrected chi connectivity index (χ2v) is 7.93. The molecule has 2 aliphatic heterocycles. The predicted octanol–water partition coefficient (Wildman–Crippen LogP) is 2.10. The molecule has 0 bridgehead atoms. The van der Waals surface area contributed by atoms with Crippen LogP contribution in [0.5, 0.6) is 5.75 Å². The van der Waals surface area contributed by atoms with Crippen molar-refractivity contribution in [3.8, 4) is 5.75 Å². The Balaban J connectivity index is 1.94. The highest BCUT2D eigenvalue weighted by molar-refractivity contribution is 8.00. The van der Waals surface area contributed by atoms with Crippen LogP contribution in [0.25, 0.3) is 11.8 Å². The van der Waals surface area contributed by atoms with Gasteiger partial charge in [-0.2, -0.15) is 0 Å². The fourth-order valence-electron chi connectivity index (χ4n) is 3.76. The molecular formula is C21H22N2O2S. The predicted molar refractivity (Wildman–Crippen MR) is 105 cm³/mol. The Hall–Kier alpha value is -2.40. The Kier molecular flexibility index (Phi) is 4.64. The van der Waals surface area contributed by atoms with E-state index in [4.69, 9.17) is 5.73 Å². The van der Waals surface area contributed by atoms with Crippen molar-refractivity contribution in [2.24, 2.45) is 5.73 Å². The van der Waals surface area contributed by atoms with Crippen molar-refractivity contribution in [2.75, 3.05) is 13.1 Å². The van der Waals surface area contributed by atoms with E-state index >= 15 is 0 Å². The number of amides is 1. The Morgan fingerprint density at radius 2 is 1.85 bits per heavy atom. The summed E-state index contributed by atoms with van der Waals surface area (Å²) in [5.74, 6) is -0.230. The molecule has 1 saturated heterocycles. The number of primary amides is 1. The van der Waals surface area contributed by atoms with Gasteiger partial charge in [0, 0.05) is 40.2 Å². The highest BCUT2D eigenvalue weighted by atomic mass is 32.2. The van der Waals surface area contributed by atoms with Gasteiger partial charge in [0.1, 0.15) is 5.75 Å². The molecule has 1 atom stereocenters. The maximum atomic E-state index is 12.4. The van der Waals surface area contributed by atoms with Crippen LogP contribution < -0.4 is 16.2 Å². The molecule has 2 aromatic carbocycles. The van der Waals surface area contributed by atoms with E-state index < -0.39 is 5.91 Å². The summed E-state index contributed by atoms with van der Waals surface area (Å²) >= 11 is 1.62. The number of fused-ring (bicyclic) bond motifs is 1. The summed E-state index contributed by atoms with van der Waals surface area (Å²) in [7, 11) is 0. The molecule has 4 nitrogen and oxygen atoms in total. The molecule has 1 amide bonds. The minimum absolute atomic E-state index is 0.140. The number of hydrogen-bond acceptors (Lipinski definition) is 4. The zero-order chi connectivity index (χ0) is 18.1. The molecule has 2 heterocycles. The zero-order valence-electron chi connectivity index (χ0n) is 14.5. The third-order valence-corrected chi connectivity index (χ3v) is 6.37. The lowest BCUT2D eigenvalue weighted by atomic mass is 10.0. The number of thioether (sulfide) groups is 1. The third-order valence-electron chi connectivity index (χ3n) is 5.03. The molecule has 4 rings (SSSR count). The van der Waals surface area contributed by atoms with Crippen molar-refractivity contribution in [2.45, 2.75) is 29.4 Å². The van der Waals surface area contributed by atoms with Gasteiger partial charge in [-0.3, -0.25) is 4.79 Å². The summed E-state index contributed by atoms with van der Waals surface area (Å²) < 4.78 is 0. The molecule has 5 heteroatoms. The number of piperidine rings is 1. The second kappa shape index (κ2) is 7.08. The van der Waals surface area contributed by atoms with Crippen LogP contribution in [-0.2, 0) is 4.79 Å². The normalized spacial score (nSPS) is 20.3. The number of phenolic OH excluding ortho intramolecular Hbond substituents is 1. The summed E-state index contributed by atoms with van der Waals surface area (Å²) in [6.07, 6.45) is 5.55. The Morgan fingerprint density at radius 3 is 2.54 bits per heavy atom. The van der Waals surface area contributed by atoms with Crippen LogP contribution in [0.2, 0.25) is 0 Å². The van der Waals surface area contributed by atoms with E-state index in [1.165, 1.54) is 6.42 Å². The number of phenols is 1. The number of rotatable bonds is 3. The number of carbonyl (C=O) groups is 1. The van der Waals surface area contributed by atoms with Gasteiger partial charge in [-0.15, -0.1) is 11.8 Å². The number of nitrogens with zero attached hydrogens (tertiary/aromatic N) is 1. The smallest absolute Gasteiger partial charge is 0.246 e. The van der Waals surface area contributed by atoms with Crippen LogP contribution in [-0.4, -0.2) is 29.0 Å². The van der Waals surface area contributed by atoms with Crippen LogP contribution in [0.1, 0.15) is 30.1 Å². The average Bonchev–Trinajstić information content (AvgIpc) is 3.06. The van der Waals surface area contributed by atoms with Crippen LogP contribution in [0.15, 0.2) is 47.4 Å². The molecule has 0 aromatic heterocycles. The number of nitrogens with two attached hydrogens (primary N) is 1. The first-order valence-corrected chi connectivity index (χ1v) is 9.86. The lowest BCUT2D eigenvalue weighted by Crippen LogP contribution is -2.36. The summed E-state index contributed by atoms with van der Waals surface area (Å²) in [6, 6.07) is 13.5. The lowest BCUT2D eigenvalue weighted by Gasteiger charge is -2.25. The van der Waals surface area contributed by atoms with E-state index in [1.807, 2.05) is 42.6 Å². The fraction of sp³-hybridized carbons (Fsp3) is 0.286. The Labute approximate surface area is 157 Å². The van der Waals surface area contributed by atoms with Gasteiger partial charge in [-0.1, -0.05) is 30.3 Å². The summed E-state index contributed by atoms with van der Waals surface area (Å²) in [5.41, 5.74) is 7.42. The molecule has 26 heavy (non-hydrogen) atoms. The van der Waals surface area contributed by atoms with Crippen LogP contribution in [0, 0.1) is 0 Å². The molecule has 3 N–H and O–H groups in total. The molecule has 134 valence electrons. The first-order chi connectivity index (χ1) is 12.6. The zero-order valence-corrected chi connectivity index (χ0v) is 15.3. The van der Waals surface area contributed by atoms with Crippen molar-refractivity contribution in [1.82, 2.24) is 4.90 Å². The van der Waals surface area contributed by atoms with Gasteiger partial charge in [0.25, 0.3) is 0 Å². The molecule has 2 aliphatic rings. The Morgan fingerprint density at radius 1 is 1.12 bits per heavy atom. The van der Waals surface area contributed by atoms with Gasteiger partial charge in [-0.25, -0.2) is 0 Å². The van der Waals surface area contributed by atoms with Crippen molar-refractivity contribution >= 4 is 29.4 Å². The lowest BCUT2D eigenvalue weighted by molar-refractivity contribution is -0.113. The molecule has 1 fully saturated rings. The molecule has 2 aromatic rings. The third kappa shape index (κ3) is 3.07. The number of aromatic hydroxyl groups is 1. The Bertz CT molecular complexity index is 950. The first kappa shape index (κ1) is 17.0. The second-order valence-electron chi connectivity index (χ2n) is 6.78. The monoisotopic (exact) mass is 366 g/mol. The maximum absolute atomic E-state index is 12.4. The van der Waals surface area contributed by atoms with Crippen molar-refractivity contribution in [3.63, 3.8) is 0 Å². The molecule has 0 saturated carbocycles. The van der Waals surface area contributed by atoms with Crippen molar-refractivity contribution in [1.29, 1.82) is 0 Å². The number of hydrogen-bond donors (Lipinski definition) is 2. The SMILES string of the molecule is NC(=O)C1=c2c(ccc(O)c2=CN2CCCCC2)SC1c1ccccc1. The molecule has 0 aliphatic carbocycles. The number of carbonyl (C=O) groups excluding carboxylic acids is 1. The summed E-state index contributed by atoms with van der Waals surface area (Å²) in [4.78, 5) is 15.6. The largest absolute Gasteiger partial charge is 0.507 e. The van der Waals surface area contributed by atoms with Gasteiger partial charge < -0.3 is 15.7 Å². The van der Waals surface area contributed by atoms with Crippen LogP contribution in [0.4, 0.5) is 0 Å². The van der Waals surface area contributed by atoms with E-state index in [0.29, 0.717) is 10.8 Å². The fourth-order valence-corrected chi connectivity index (χ4v) is 5.14. The molecule has 1 unspecified atom stereocenters. The molecule has 0 spiro atoms. The van der Waals surface area contributed by atoms with Gasteiger partial charge in [0.2, 0.25) is 5.91 Å². The van der Waals surface area contributed by atoms with E-state index in [1.54, 1.807) is 17.8 Å². The van der Waals surface area contributed by atoms with Gasteiger partial charge in [0.15, 0.2) is 0 Å².